The number of aliphatic hydroxyl groups excluding tert-OH is 2. The first-order valence-electron chi connectivity index (χ1n) is 4.87. The van der Waals surface area contributed by atoms with Gasteiger partial charge < -0.3 is 14.9 Å². The van der Waals surface area contributed by atoms with E-state index in [1.54, 1.807) is 0 Å². The maximum atomic E-state index is 11.2. The Morgan fingerprint density at radius 2 is 2.12 bits per heavy atom. The molecular formula is C11H16O5. The van der Waals surface area contributed by atoms with Gasteiger partial charge in [-0.3, -0.25) is 0 Å². The van der Waals surface area contributed by atoms with E-state index in [-0.39, 0.29) is 12.2 Å². The predicted octanol–water partition coefficient (Wildman–Crippen LogP) is 0.322. The van der Waals surface area contributed by atoms with Gasteiger partial charge in [0.2, 0.25) is 0 Å². The molecule has 0 heterocycles. The molecule has 0 aliphatic heterocycles. The number of carbonyl (C=O) groups excluding carboxylic acids is 2. The normalized spacial score (nSPS) is 13.1. The number of hydrogen-bond acceptors (Lipinski definition) is 5. The molecule has 0 spiro atoms. The molecular weight excluding hydrogens is 212 g/mol. The lowest BCUT2D eigenvalue weighted by atomic mass is 10.1. The van der Waals surface area contributed by atoms with Crippen LogP contribution in [-0.2, 0) is 14.3 Å². The molecule has 0 rings (SSSR count). The van der Waals surface area contributed by atoms with E-state index in [0.717, 1.165) is 6.08 Å². The Balaban J connectivity index is 4.24. The second kappa shape index (κ2) is 7.78. The van der Waals surface area contributed by atoms with Gasteiger partial charge in [-0.2, -0.15) is 0 Å². The van der Waals surface area contributed by atoms with Crippen LogP contribution < -0.4 is 0 Å². The Labute approximate surface area is 94.0 Å². The smallest absolute Gasteiger partial charge is 0.341 e. The van der Waals surface area contributed by atoms with Crippen LogP contribution in [0.5, 0.6) is 0 Å². The van der Waals surface area contributed by atoms with Crippen LogP contribution in [0.4, 0.5) is 0 Å². The van der Waals surface area contributed by atoms with Crippen LogP contribution in [0.1, 0.15) is 19.8 Å². The summed E-state index contributed by atoms with van der Waals surface area (Å²) < 4.78 is 4.34. The van der Waals surface area contributed by atoms with Gasteiger partial charge in [0.1, 0.15) is 0 Å². The van der Waals surface area contributed by atoms with Gasteiger partial charge in [0.05, 0.1) is 6.10 Å². The third-order valence-electron chi connectivity index (χ3n) is 1.78. The van der Waals surface area contributed by atoms with E-state index in [1.165, 1.54) is 13.0 Å². The van der Waals surface area contributed by atoms with Crippen molar-refractivity contribution in [1.82, 2.24) is 0 Å². The van der Waals surface area contributed by atoms with E-state index < -0.39 is 18.0 Å². The SMILES string of the molecule is C=CC(=O)OC(=O)C(C)=CC(O)CCCO. The Kier molecular flexibility index (Phi) is 7.07. The largest absolute Gasteiger partial charge is 0.396 e. The van der Waals surface area contributed by atoms with Crippen molar-refractivity contribution >= 4 is 11.9 Å². The molecule has 0 saturated heterocycles. The third-order valence-corrected chi connectivity index (χ3v) is 1.78. The van der Waals surface area contributed by atoms with Crippen LogP contribution in [0, 0.1) is 0 Å². The van der Waals surface area contributed by atoms with Gasteiger partial charge in [-0.1, -0.05) is 6.58 Å². The molecule has 1 unspecified atom stereocenters. The molecule has 0 amide bonds. The summed E-state index contributed by atoms with van der Waals surface area (Å²) in [5, 5.41) is 17.9. The van der Waals surface area contributed by atoms with E-state index in [0.29, 0.717) is 12.8 Å². The van der Waals surface area contributed by atoms with E-state index in [9.17, 15) is 14.7 Å². The summed E-state index contributed by atoms with van der Waals surface area (Å²) in [6.07, 6.45) is 2.11. The van der Waals surface area contributed by atoms with Crippen molar-refractivity contribution in [3.63, 3.8) is 0 Å². The number of esters is 2. The molecule has 5 nitrogen and oxygen atoms in total. The zero-order chi connectivity index (χ0) is 12.6. The number of aliphatic hydroxyl groups is 2. The van der Waals surface area contributed by atoms with Crippen molar-refractivity contribution < 1.29 is 24.5 Å². The van der Waals surface area contributed by atoms with Gasteiger partial charge >= 0.3 is 11.9 Å². The maximum absolute atomic E-state index is 11.2. The minimum atomic E-state index is -0.835. The summed E-state index contributed by atoms with van der Waals surface area (Å²) in [7, 11) is 0. The van der Waals surface area contributed by atoms with E-state index in [1.807, 2.05) is 0 Å². The number of carbonyl (C=O) groups is 2. The molecule has 90 valence electrons. The van der Waals surface area contributed by atoms with Gasteiger partial charge in [0.25, 0.3) is 0 Å². The highest BCUT2D eigenvalue weighted by atomic mass is 16.6. The van der Waals surface area contributed by atoms with Gasteiger partial charge in [-0.15, -0.1) is 0 Å². The topological polar surface area (TPSA) is 83.8 Å². The van der Waals surface area contributed by atoms with Crippen molar-refractivity contribution in [1.29, 1.82) is 0 Å². The molecule has 2 N–H and O–H groups in total. The summed E-state index contributed by atoms with van der Waals surface area (Å²) in [5.41, 5.74) is 0.139. The van der Waals surface area contributed by atoms with E-state index in [2.05, 4.69) is 11.3 Å². The Hall–Kier alpha value is -1.46. The Morgan fingerprint density at radius 1 is 1.50 bits per heavy atom. The first kappa shape index (κ1) is 14.5. The van der Waals surface area contributed by atoms with Crippen LogP contribution >= 0.6 is 0 Å². The van der Waals surface area contributed by atoms with Gasteiger partial charge in [0, 0.05) is 18.3 Å². The lowest BCUT2D eigenvalue weighted by molar-refractivity contribution is -0.153. The monoisotopic (exact) mass is 228 g/mol. The average molecular weight is 228 g/mol. The first-order chi connectivity index (χ1) is 7.51. The highest BCUT2D eigenvalue weighted by Gasteiger charge is 2.11. The second-order valence-electron chi connectivity index (χ2n) is 3.20. The number of hydrogen-bond donors (Lipinski definition) is 2. The van der Waals surface area contributed by atoms with Crippen molar-refractivity contribution in [3.8, 4) is 0 Å². The predicted molar refractivity (Wildman–Crippen MR) is 57.4 cm³/mol. The lowest BCUT2D eigenvalue weighted by Gasteiger charge is -2.05. The zero-order valence-corrected chi connectivity index (χ0v) is 9.18. The van der Waals surface area contributed by atoms with Crippen molar-refractivity contribution in [2.45, 2.75) is 25.9 Å². The lowest BCUT2D eigenvalue weighted by Crippen LogP contribution is -2.13. The summed E-state index contributed by atoms with van der Waals surface area (Å²) >= 11 is 0. The molecule has 16 heavy (non-hydrogen) atoms. The molecule has 0 radical (unpaired) electrons. The van der Waals surface area contributed by atoms with Crippen molar-refractivity contribution in [3.05, 3.63) is 24.3 Å². The highest BCUT2D eigenvalue weighted by molar-refractivity contribution is 5.98. The number of rotatable bonds is 6. The minimum Gasteiger partial charge on any atom is -0.396 e. The summed E-state index contributed by atoms with van der Waals surface area (Å²) in [5.74, 6) is -1.64. The molecule has 0 fully saturated rings. The van der Waals surface area contributed by atoms with Crippen LogP contribution in [0.25, 0.3) is 0 Å². The molecule has 0 bridgehead atoms. The second-order valence-corrected chi connectivity index (χ2v) is 3.20. The van der Waals surface area contributed by atoms with E-state index >= 15 is 0 Å². The summed E-state index contributed by atoms with van der Waals surface area (Å²) in [4.78, 5) is 21.9. The first-order valence-corrected chi connectivity index (χ1v) is 4.87. The fourth-order valence-electron chi connectivity index (χ4n) is 0.954. The quantitative estimate of drug-likeness (QED) is 0.388. The molecule has 0 aromatic carbocycles. The maximum Gasteiger partial charge on any atom is 0.341 e. The molecule has 0 aliphatic carbocycles. The fourth-order valence-corrected chi connectivity index (χ4v) is 0.954. The van der Waals surface area contributed by atoms with Gasteiger partial charge in [0.15, 0.2) is 0 Å². The summed E-state index contributed by atoms with van der Waals surface area (Å²) in [6, 6.07) is 0. The van der Waals surface area contributed by atoms with Gasteiger partial charge in [-0.25, -0.2) is 9.59 Å². The molecule has 0 aromatic rings. The van der Waals surface area contributed by atoms with Crippen LogP contribution in [0.15, 0.2) is 24.3 Å². The number of ether oxygens (including phenoxy) is 1. The molecule has 5 heteroatoms. The average Bonchev–Trinajstić information content (AvgIpc) is 2.25. The zero-order valence-electron chi connectivity index (χ0n) is 9.18. The third kappa shape index (κ3) is 6.10. The fraction of sp³-hybridized carbons (Fsp3) is 0.455. The molecule has 1 atom stereocenters. The standard InChI is InChI=1S/C11H16O5/c1-3-10(14)16-11(15)8(2)7-9(13)5-4-6-12/h3,7,9,12-13H,1,4-6H2,2H3. The van der Waals surface area contributed by atoms with E-state index in [4.69, 9.17) is 5.11 Å². The molecule has 0 aromatic heterocycles. The minimum absolute atomic E-state index is 0.0245. The van der Waals surface area contributed by atoms with Crippen molar-refractivity contribution in [2.75, 3.05) is 6.61 Å². The molecule has 0 aliphatic rings. The molecule has 0 saturated carbocycles. The van der Waals surface area contributed by atoms with Crippen LogP contribution in [-0.4, -0.2) is 34.9 Å². The summed E-state index contributed by atoms with van der Waals surface area (Å²) in [6.45, 7) is 4.56. The van der Waals surface area contributed by atoms with Crippen LogP contribution in [0.3, 0.4) is 0 Å². The van der Waals surface area contributed by atoms with Gasteiger partial charge in [-0.05, 0) is 25.8 Å². The Morgan fingerprint density at radius 3 is 2.62 bits per heavy atom. The Bertz CT molecular complexity index is 293. The highest BCUT2D eigenvalue weighted by Crippen LogP contribution is 2.04. The van der Waals surface area contributed by atoms with Crippen LogP contribution in [0.2, 0.25) is 0 Å². The van der Waals surface area contributed by atoms with Crippen molar-refractivity contribution in [2.24, 2.45) is 0 Å².